The Morgan fingerprint density at radius 1 is 1.16 bits per heavy atom. The van der Waals surface area contributed by atoms with Gasteiger partial charge in [0.1, 0.15) is 12.4 Å². The third-order valence-corrected chi connectivity index (χ3v) is 5.86. The van der Waals surface area contributed by atoms with E-state index in [0.29, 0.717) is 24.5 Å². The Labute approximate surface area is 189 Å². The van der Waals surface area contributed by atoms with Crippen LogP contribution >= 0.6 is 0 Å². The van der Waals surface area contributed by atoms with E-state index in [1.807, 2.05) is 68.9 Å². The molecule has 1 atom stereocenters. The SMILES string of the molecule is CN(C)CCOc1ccccc1C(=O)N1CCCC(c2ccc(-c3cnn(C)c3)cn2)C1. The second kappa shape index (κ2) is 9.96. The first-order chi connectivity index (χ1) is 15.5. The molecular formula is C25H31N5O2. The highest BCUT2D eigenvalue weighted by atomic mass is 16.5. The molecule has 1 fully saturated rings. The van der Waals surface area contributed by atoms with Crippen LogP contribution in [-0.2, 0) is 7.05 Å². The number of rotatable bonds is 7. The number of piperidine rings is 1. The van der Waals surface area contributed by atoms with Crippen LogP contribution in [0.25, 0.3) is 11.1 Å². The molecule has 0 saturated carbocycles. The number of likely N-dealkylation sites (N-methyl/N-ethyl adjacent to an activating group) is 1. The van der Waals surface area contributed by atoms with E-state index in [1.165, 1.54) is 0 Å². The summed E-state index contributed by atoms with van der Waals surface area (Å²) in [6.45, 7) is 2.78. The molecule has 0 N–H and O–H groups in total. The number of aromatic nitrogens is 3. The van der Waals surface area contributed by atoms with Crippen LogP contribution in [0.3, 0.4) is 0 Å². The second-order valence-electron chi connectivity index (χ2n) is 8.61. The third-order valence-electron chi connectivity index (χ3n) is 5.86. The highest BCUT2D eigenvalue weighted by molar-refractivity contribution is 5.97. The number of likely N-dealkylation sites (tertiary alicyclic amines) is 1. The molecule has 1 aliphatic rings. The molecule has 4 rings (SSSR count). The lowest BCUT2D eigenvalue weighted by Gasteiger charge is -2.33. The molecule has 0 radical (unpaired) electrons. The molecule has 1 saturated heterocycles. The van der Waals surface area contributed by atoms with Crippen molar-refractivity contribution in [2.75, 3.05) is 40.3 Å². The standard InChI is InChI=1S/C25H31N5O2/c1-28(2)13-14-32-24-9-5-4-8-22(24)25(31)30-12-6-7-20(18-30)23-11-10-19(15-26-23)21-16-27-29(3)17-21/h4-5,8-11,15-17,20H,6-7,12-14,18H2,1-3H3. The zero-order valence-corrected chi connectivity index (χ0v) is 19.1. The topological polar surface area (TPSA) is 63.5 Å². The van der Waals surface area contributed by atoms with Crippen LogP contribution in [0.15, 0.2) is 55.0 Å². The van der Waals surface area contributed by atoms with Crippen LogP contribution in [0.2, 0.25) is 0 Å². The molecule has 0 bridgehead atoms. The normalized spacial score (nSPS) is 16.4. The predicted octanol–water partition coefficient (Wildman–Crippen LogP) is 3.44. The Morgan fingerprint density at radius 3 is 2.72 bits per heavy atom. The fraction of sp³-hybridized carbons (Fsp3) is 0.400. The molecule has 7 nitrogen and oxygen atoms in total. The van der Waals surface area contributed by atoms with Gasteiger partial charge >= 0.3 is 0 Å². The third kappa shape index (κ3) is 5.16. The van der Waals surface area contributed by atoms with Crippen molar-refractivity contribution in [1.82, 2.24) is 24.6 Å². The maximum absolute atomic E-state index is 13.3. The van der Waals surface area contributed by atoms with E-state index in [0.717, 1.165) is 42.8 Å². The molecule has 168 valence electrons. The van der Waals surface area contributed by atoms with E-state index in [9.17, 15) is 4.79 Å². The summed E-state index contributed by atoms with van der Waals surface area (Å²) in [5.41, 5.74) is 3.77. The van der Waals surface area contributed by atoms with Gasteiger partial charge in [0.15, 0.2) is 0 Å². The molecule has 7 heteroatoms. The summed E-state index contributed by atoms with van der Waals surface area (Å²) in [5, 5.41) is 4.23. The van der Waals surface area contributed by atoms with Gasteiger partial charge in [-0.25, -0.2) is 0 Å². The average Bonchev–Trinajstić information content (AvgIpc) is 3.25. The highest BCUT2D eigenvalue weighted by Crippen LogP contribution is 2.29. The van der Waals surface area contributed by atoms with Gasteiger partial charge in [-0.2, -0.15) is 5.10 Å². The number of hydrogen-bond donors (Lipinski definition) is 0. The first-order valence-corrected chi connectivity index (χ1v) is 11.1. The highest BCUT2D eigenvalue weighted by Gasteiger charge is 2.27. The van der Waals surface area contributed by atoms with Crippen molar-refractivity contribution >= 4 is 5.91 Å². The minimum atomic E-state index is 0.0298. The molecule has 1 aromatic carbocycles. The van der Waals surface area contributed by atoms with Crippen molar-refractivity contribution in [3.63, 3.8) is 0 Å². The maximum Gasteiger partial charge on any atom is 0.257 e. The Hall–Kier alpha value is -3.19. The monoisotopic (exact) mass is 433 g/mol. The summed E-state index contributed by atoms with van der Waals surface area (Å²) < 4.78 is 7.71. The number of para-hydroxylation sites is 1. The second-order valence-corrected chi connectivity index (χ2v) is 8.61. The quantitative estimate of drug-likeness (QED) is 0.571. The number of hydrogen-bond acceptors (Lipinski definition) is 5. The molecule has 0 spiro atoms. The van der Waals surface area contributed by atoms with Crippen molar-refractivity contribution in [2.24, 2.45) is 7.05 Å². The number of amides is 1. The Morgan fingerprint density at radius 2 is 2.00 bits per heavy atom. The molecule has 1 aliphatic heterocycles. The van der Waals surface area contributed by atoms with Gasteiger partial charge in [0.25, 0.3) is 5.91 Å². The summed E-state index contributed by atoms with van der Waals surface area (Å²) in [5.74, 6) is 0.917. The van der Waals surface area contributed by atoms with Gasteiger partial charge in [0.05, 0.1) is 11.8 Å². The molecule has 3 aromatic rings. The van der Waals surface area contributed by atoms with Crippen molar-refractivity contribution < 1.29 is 9.53 Å². The number of benzene rings is 1. The van der Waals surface area contributed by atoms with Gasteiger partial charge in [0, 0.05) is 61.8 Å². The van der Waals surface area contributed by atoms with Gasteiger partial charge < -0.3 is 14.5 Å². The van der Waals surface area contributed by atoms with Gasteiger partial charge in [-0.3, -0.25) is 14.5 Å². The molecule has 1 unspecified atom stereocenters. The van der Waals surface area contributed by atoms with E-state index < -0.39 is 0 Å². The van der Waals surface area contributed by atoms with Gasteiger partial charge in [-0.1, -0.05) is 18.2 Å². The summed E-state index contributed by atoms with van der Waals surface area (Å²) in [6, 6.07) is 11.7. The first kappa shape index (κ1) is 22.0. The fourth-order valence-corrected chi connectivity index (χ4v) is 4.07. The number of pyridine rings is 1. The minimum Gasteiger partial charge on any atom is -0.491 e. The first-order valence-electron chi connectivity index (χ1n) is 11.1. The molecule has 1 amide bonds. The fourth-order valence-electron chi connectivity index (χ4n) is 4.07. The Balaban J connectivity index is 1.44. The van der Waals surface area contributed by atoms with Crippen molar-refractivity contribution in [1.29, 1.82) is 0 Å². The zero-order chi connectivity index (χ0) is 22.5. The summed E-state index contributed by atoms with van der Waals surface area (Å²) in [6.07, 6.45) is 7.72. The van der Waals surface area contributed by atoms with Crippen LogP contribution in [0, 0.1) is 0 Å². The molecular weight excluding hydrogens is 402 g/mol. The predicted molar refractivity (Wildman–Crippen MR) is 125 cm³/mol. The lowest BCUT2D eigenvalue weighted by molar-refractivity contribution is 0.0701. The zero-order valence-electron chi connectivity index (χ0n) is 19.1. The maximum atomic E-state index is 13.3. The lowest BCUT2D eigenvalue weighted by atomic mass is 9.93. The number of nitrogens with zero attached hydrogens (tertiary/aromatic N) is 5. The smallest absolute Gasteiger partial charge is 0.257 e. The van der Waals surface area contributed by atoms with E-state index >= 15 is 0 Å². The summed E-state index contributed by atoms with van der Waals surface area (Å²) >= 11 is 0. The van der Waals surface area contributed by atoms with Gasteiger partial charge in [0.2, 0.25) is 0 Å². The van der Waals surface area contributed by atoms with Crippen molar-refractivity contribution in [3.05, 3.63) is 66.2 Å². The Bertz CT molecular complexity index is 1040. The van der Waals surface area contributed by atoms with Crippen LogP contribution in [0.1, 0.15) is 34.8 Å². The van der Waals surface area contributed by atoms with E-state index in [1.54, 1.807) is 4.68 Å². The van der Waals surface area contributed by atoms with E-state index in [-0.39, 0.29) is 11.8 Å². The summed E-state index contributed by atoms with van der Waals surface area (Å²) in [4.78, 5) is 22.1. The van der Waals surface area contributed by atoms with Gasteiger partial charge in [-0.05, 0) is 45.1 Å². The number of ether oxygens (including phenoxy) is 1. The average molecular weight is 434 g/mol. The Kier molecular flexibility index (Phi) is 6.85. The van der Waals surface area contributed by atoms with Crippen LogP contribution in [-0.4, -0.2) is 70.8 Å². The van der Waals surface area contributed by atoms with E-state index in [4.69, 9.17) is 9.72 Å². The van der Waals surface area contributed by atoms with Gasteiger partial charge in [-0.15, -0.1) is 0 Å². The number of aryl methyl sites for hydroxylation is 1. The molecule has 32 heavy (non-hydrogen) atoms. The van der Waals surface area contributed by atoms with Crippen LogP contribution in [0.4, 0.5) is 0 Å². The minimum absolute atomic E-state index is 0.0298. The summed E-state index contributed by atoms with van der Waals surface area (Å²) in [7, 11) is 5.92. The van der Waals surface area contributed by atoms with Crippen molar-refractivity contribution in [3.8, 4) is 16.9 Å². The van der Waals surface area contributed by atoms with Crippen molar-refractivity contribution in [2.45, 2.75) is 18.8 Å². The van der Waals surface area contributed by atoms with E-state index in [2.05, 4.69) is 22.1 Å². The number of carbonyl (C=O) groups excluding carboxylic acids is 1. The van der Waals surface area contributed by atoms with Crippen LogP contribution < -0.4 is 4.74 Å². The molecule has 2 aromatic heterocycles. The largest absolute Gasteiger partial charge is 0.491 e. The molecule has 0 aliphatic carbocycles. The number of carbonyl (C=O) groups is 1. The van der Waals surface area contributed by atoms with Crippen LogP contribution in [0.5, 0.6) is 5.75 Å². The lowest BCUT2D eigenvalue weighted by Crippen LogP contribution is -2.39. The molecule has 3 heterocycles.